The quantitative estimate of drug-likeness (QED) is 0.724. The number of pyridine rings is 1. The molecule has 2 heterocycles. The van der Waals surface area contributed by atoms with Crippen molar-refractivity contribution in [1.29, 1.82) is 0 Å². The molecule has 76 valence electrons. The van der Waals surface area contributed by atoms with Gasteiger partial charge in [0.15, 0.2) is 0 Å². The highest BCUT2D eigenvalue weighted by atomic mass is 32.1. The van der Waals surface area contributed by atoms with E-state index in [1.165, 1.54) is 11.3 Å². The minimum Gasteiger partial charge on any atom is -0.286 e. The summed E-state index contributed by atoms with van der Waals surface area (Å²) in [6.07, 6.45) is 1.67. The Morgan fingerprint density at radius 1 is 1.27 bits per heavy atom. The number of nitrogens with zero attached hydrogens (tertiary/aromatic N) is 1. The van der Waals surface area contributed by atoms with Crippen molar-refractivity contribution in [3.8, 4) is 0 Å². The van der Waals surface area contributed by atoms with Crippen LogP contribution in [0.2, 0.25) is 0 Å². The van der Waals surface area contributed by atoms with Gasteiger partial charge in [0.1, 0.15) is 5.69 Å². The number of rotatable bonds is 2. The molecule has 2 aromatic rings. The Balaban J connectivity index is 2.36. The van der Waals surface area contributed by atoms with Crippen molar-refractivity contribution in [2.45, 2.75) is 13.8 Å². The molecule has 2 nitrogen and oxygen atoms in total. The monoisotopic (exact) mass is 217 g/mol. The van der Waals surface area contributed by atoms with Gasteiger partial charge in [-0.15, -0.1) is 11.3 Å². The average Bonchev–Trinajstić information content (AvgIpc) is 2.64. The maximum Gasteiger partial charge on any atom is 0.221 e. The molecule has 0 saturated heterocycles. The molecule has 0 aliphatic carbocycles. The first-order chi connectivity index (χ1) is 7.16. The molecular weight excluding hydrogens is 206 g/mol. The lowest BCUT2D eigenvalue weighted by molar-refractivity contribution is 0.103. The van der Waals surface area contributed by atoms with Crippen LogP contribution < -0.4 is 0 Å². The molecule has 0 atom stereocenters. The molecule has 0 radical (unpaired) electrons. The van der Waals surface area contributed by atoms with Gasteiger partial charge in [-0.25, -0.2) is 0 Å². The summed E-state index contributed by atoms with van der Waals surface area (Å²) in [6, 6.07) is 7.51. The van der Waals surface area contributed by atoms with Crippen LogP contribution in [0.5, 0.6) is 0 Å². The van der Waals surface area contributed by atoms with Crippen LogP contribution in [-0.4, -0.2) is 10.8 Å². The van der Waals surface area contributed by atoms with Crippen molar-refractivity contribution >= 4 is 17.1 Å². The van der Waals surface area contributed by atoms with Gasteiger partial charge in [-0.1, -0.05) is 0 Å². The van der Waals surface area contributed by atoms with Gasteiger partial charge < -0.3 is 0 Å². The first-order valence-corrected chi connectivity index (χ1v) is 5.52. The van der Waals surface area contributed by atoms with Crippen LogP contribution in [0, 0.1) is 13.8 Å². The first-order valence-electron chi connectivity index (χ1n) is 4.70. The van der Waals surface area contributed by atoms with E-state index >= 15 is 0 Å². The molecule has 0 spiro atoms. The van der Waals surface area contributed by atoms with Crippen molar-refractivity contribution in [2.75, 3.05) is 0 Å². The fourth-order valence-electron chi connectivity index (χ4n) is 1.34. The van der Waals surface area contributed by atoms with E-state index in [1.54, 1.807) is 6.20 Å². The first kappa shape index (κ1) is 10.1. The van der Waals surface area contributed by atoms with Crippen molar-refractivity contribution in [3.63, 3.8) is 0 Å². The van der Waals surface area contributed by atoms with Crippen LogP contribution in [-0.2, 0) is 0 Å². The van der Waals surface area contributed by atoms with Crippen LogP contribution in [0.4, 0.5) is 0 Å². The molecule has 2 rings (SSSR count). The van der Waals surface area contributed by atoms with Gasteiger partial charge in [-0.2, -0.15) is 0 Å². The molecule has 2 aromatic heterocycles. The van der Waals surface area contributed by atoms with Crippen LogP contribution in [0.15, 0.2) is 30.5 Å². The lowest BCUT2D eigenvalue weighted by atomic mass is 10.2. The molecular formula is C12H11NOS. The van der Waals surface area contributed by atoms with Gasteiger partial charge in [0, 0.05) is 11.1 Å². The molecule has 3 heteroatoms. The fourth-order valence-corrected chi connectivity index (χ4v) is 2.16. The molecule has 15 heavy (non-hydrogen) atoms. The maximum absolute atomic E-state index is 12.0. The summed E-state index contributed by atoms with van der Waals surface area (Å²) in [5.74, 6) is 0.0109. The number of aryl methyl sites for hydroxylation is 2. The Hall–Kier alpha value is -1.48. The summed E-state index contributed by atoms with van der Waals surface area (Å²) >= 11 is 1.51. The van der Waals surface area contributed by atoms with Gasteiger partial charge in [0.25, 0.3) is 0 Å². The van der Waals surface area contributed by atoms with E-state index in [0.717, 1.165) is 15.3 Å². The van der Waals surface area contributed by atoms with Crippen molar-refractivity contribution in [3.05, 3.63) is 51.5 Å². The zero-order chi connectivity index (χ0) is 10.8. The molecule has 0 aromatic carbocycles. The van der Waals surface area contributed by atoms with Crippen LogP contribution >= 0.6 is 11.3 Å². The average molecular weight is 217 g/mol. The third-order valence-corrected chi connectivity index (χ3v) is 3.11. The topological polar surface area (TPSA) is 30.0 Å². The van der Waals surface area contributed by atoms with Crippen LogP contribution in [0.25, 0.3) is 0 Å². The number of carbonyl (C=O) groups is 1. The number of aromatic nitrogens is 1. The Kier molecular flexibility index (Phi) is 2.64. The second-order valence-electron chi connectivity index (χ2n) is 3.46. The van der Waals surface area contributed by atoms with Gasteiger partial charge in [0.05, 0.1) is 4.88 Å². The van der Waals surface area contributed by atoms with E-state index in [4.69, 9.17) is 0 Å². The zero-order valence-electron chi connectivity index (χ0n) is 8.65. The Bertz CT molecular complexity index is 502. The summed E-state index contributed by atoms with van der Waals surface area (Å²) in [4.78, 5) is 17.9. The van der Waals surface area contributed by atoms with Crippen LogP contribution in [0.3, 0.4) is 0 Å². The van der Waals surface area contributed by atoms with Crippen LogP contribution in [0.1, 0.15) is 25.8 Å². The summed E-state index contributed by atoms with van der Waals surface area (Å²) < 4.78 is 0. The van der Waals surface area contributed by atoms with Crippen molar-refractivity contribution < 1.29 is 4.79 Å². The Morgan fingerprint density at radius 2 is 2.07 bits per heavy atom. The number of ketones is 1. The minimum atomic E-state index is 0.0109. The Labute approximate surface area is 92.6 Å². The predicted octanol–water partition coefficient (Wildman–Crippen LogP) is 2.99. The molecule has 0 bridgehead atoms. The predicted molar refractivity (Wildman–Crippen MR) is 61.5 cm³/mol. The third-order valence-electron chi connectivity index (χ3n) is 2.11. The van der Waals surface area contributed by atoms with E-state index in [0.29, 0.717) is 5.69 Å². The molecule has 0 unspecified atom stereocenters. The third kappa shape index (κ3) is 2.13. The Morgan fingerprint density at radius 3 is 2.67 bits per heavy atom. The SMILES string of the molecule is Cc1ccnc(C(=O)c2ccc(C)s2)c1. The summed E-state index contributed by atoms with van der Waals surface area (Å²) in [5, 5.41) is 0. The molecule has 0 aliphatic rings. The fraction of sp³-hybridized carbons (Fsp3) is 0.167. The maximum atomic E-state index is 12.0. The second kappa shape index (κ2) is 3.95. The van der Waals surface area contributed by atoms with E-state index in [2.05, 4.69) is 4.98 Å². The van der Waals surface area contributed by atoms with E-state index in [-0.39, 0.29) is 5.78 Å². The largest absolute Gasteiger partial charge is 0.286 e. The van der Waals surface area contributed by atoms with Crippen molar-refractivity contribution in [1.82, 2.24) is 4.98 Å². The molecule has 0 fully saturated rings. The number of thiophene rings is 1. The molecule has 0 N–H and O–H groups in total. The number of hydrogen-bond donors (Lipinski definition) is 0. The number of hydrogen-bond acceptors (Lipinski definition) is 3. The lowest BCUT2D eigenvalue weighted by Crippen LogP contribution is -2.01. The molecule has 0 amide bonds. The van der Waals surface area contributed by atoms with Gasteiger partial charge in [-0.05, 0) is 43.7 Å². The highest BCUT2D eigenvalue weighted by Gasteiger charge is 2.11. The van der Waals surface area contributed by atoms with Gasteiger partial charge in [-0.3, -0.25) is 9.78 Å². The molecule has 0 saturated carbocycles. The standard InChI is InChI=1S/C12H11NOS/c1-8-5-6-13-10(7-8)12(14)11-4-3-9(2)15-11/h3-7H,1-2H3. The van der Waals surface area contributed by atoms with Gasteiger partial charge >= 0.3 is 0 Å². The zero-order valence-corrected chi connectivity index (χ0v) is 9.47. The summed E-state index contributed by atoms with van der Waals surface area (Å²) in [7, 11) is 0. The summed E-state index contributed by atoms with van der Waals surface area (Å²) in [6.45, 7) is 3.95. The van der Waals surface area contributed by atoms with E-state index in [1.807, 2.05) is 38.1 Å². The molecule has 0 aliphatic heterocycles. The second-order valence-corrected chi connectivity index (χ2v) is 4.75. The lowest BCUT2D eigenvalue weighted by Gasteiger charge is -1.97. The highest BCUT2D eigenvalue weighted by Crippen LogP contribution is 2.18. The van der Waals surface area contributed by atoms with E-state index in [9.17, 15) is 4.79 Å². The summed E-state index contributed by atoms with van der Waals surface area (Å²) in [5.41, 5.74) is 1.58. The smallest absolute Gasteiger partial charge is 0.221 e. The highest BCUT2D eigenvalue weighted by molar-refractivity contribution is 7.14. The minimum absolute atomic E-state index is 0.0109. The number of carbonyl (C=O) groups excluding carboxylic acids is 1. The van der Waals surface area contributed by atoms with Gasteiger partial charge in [0.2, 0.25) is 5.78 Å². The van der Waals surface area contributed by atoms with E-state index < -0.39 is 0 Å². The van der Waals surface area contributed by atoms with Crippen molar-refractivity contribution in [2.24, 2.45) is 0 Å². The normalized spacial score (nSPS) is 10.3.